The molecule has 4 nitrogen and oxygen atoms in total. The minimum Gasteiger partial charge on any atom is -0.387 e. The second-order valence-electron chi connectivity index (χ2n) is 8.62. The summed E-state index contributed by atoms with van der Waals surface area (Å²) in [6.45, 7) is 6.27. The highest BCUT2D eigenvalue weighted by Gasteiger charge is 2.53. The molecular formula is C20H31N3O. The van der Waals surface area contributed by atoms with E-state index in [1.165, 1.54) is 38.5 Å². The molecule has 4 fully saturated rings. The van der Waals surface area contributed by atoms with Crippen molar-refractivity contribution >= 4 is 5.91 Å². The van der Waals surface area contributed by atoms with Crippen molar-refractivity contribution in [3.63, 3.8) is 0 Å². The Morgan fingerprint density at radius 3 is 2.21 bits per heavy atom. The highest BCUT2D eigenvalue weighted by atomic mass is 16.1. The van der Waals surface area contributed by atoms with Crippen molar-refractivity contribution in [3.05, 3.63) is 11.8 Å². The summed E-state index contributed by atoms with van der Waals surface area (Å²) in [6.07, 6.45) is 10.5. The third-order valence-electron chi connectivity index (χ3n) is 6.84. The molecule has 132 valence electrons. The summed E-state index contributed by atoms with van der Waals surface area (Å²) in [5.41, 5.74) is 0.460. The zero-order chi connectivity index (χ0) is 17.3. The summed E-state index contributed by atoms with van der Waals surface area (Å²) >= 11 is 0. The Balaban J connectivity index is 1.65. The van der Waals surface area contributed by atoms with Gasteiger partial charge in [0.15, 0.2) is 0 Å². The van der Waals surface area contributed by atoms with E-state index in [1.54, 1.807) is 6.20 Å². The zero-order valence-electron chi connectivity index (χ0n) is 15.3. The van der Waals surface area contributed by atoms with Crippen LogP contribution in [0.2, 0.25) is 0 Å². The molecule has 0 aliphatic heterocycles. The number of carbonyl (C=O) groups excluding carboxylic acids is 1. The van der Waals surface area contributed by atoms with Crippen LogP contribution in [-0.2, 0) is 4.79 Å². The van der Waals surface area contributed by atoms with E-state index in [4.69, 9.17) is 0 Å². The number of amides is 1. The van der Waals surface area contributed by atoms with Crippen molar-refractivity contribution in [2.24, 2.45) is 23.2 Å². The van der Waals surface area contributed by atoms with E-state index in [0.29, 0.717) is 0 Å². The van der Waals surface area contributed by atoms with E-state index in [1.807, 2.05) is 13.0 Å². The maximum Gasteiger partial charge on any atom is 0.263 e. The van der Waals surface area contributed by atoms with E-state index in [9.17, 15) is 10.1 Å². The first kappa shape index (κ1) is 17.3. The van der Waals surface area contributed by atoms with Crippen LogP contribution in [0.25, 0.3) is 0 Å². The fraction of sp³-hybridized carbons (Fsp3) is 0.800. The van der Waals surface area contributed by atoms with E-state index >= 15 is 0 Å². The van der Waals surface area contributed by atoms with Gasteiger partial charge in [-0.15, -0.1) is 0 Å². The van der Waals surface area contributed by atoms with Crippen LogP contribution in [0.15, 0.2) is 11.8 Å². The Kier molecular flexibility index (Phi) is 4.90. The molecule has 0 radical (unpaired) electrons. The molecule has 4 aliphatic carbocycles. The van der Waals surface area contributed by atoms with Gasteiger partial charge in [-0.05, 0) is 82.0 Å². The van der Waals surface area contributed by atoms with E-state index < -0.39 is 0 Å². The average molecular weight is 329 g/mol. The smallest absolute Gasteiger partial charge is 0.263 e. The van der Waals surface area contributed by atoms with Crippen molar-refractivity contribution < 1.29 is 4.79 Å². The van der Waals surface area contributed by atoms with Crippen LogP contribution in [0.4, 0.5) is 0 Å². The third-order valence-corrected chi connectivity index (χ3v) is 6.84. The molecule has 0 spiro atoms. The van der Waals surface area contributed by atoms with Crippen LogP contribution < -0.4 is 10.6 Å². The topological polar surface area (TPSA) is 64.9 Å². The maximum absolute atomic E-state index is 12.5. The lowest BCUT2D eigenvalue weighted by Crippen LogP contribution is -2.56. The number of nitrogens with zero attached hydrogens (tertiary/aromatic N) is 1. The monoisotopic (exact) mass is 329 g/mol. The quantitative estimate of drug-likeness (QED) is 0.579. The Morgan fingerprint density at radius 2 is 1.75 bits per heavy atom. The summed E-state index contributed by atoms with van der Waals surface area (Å²) in [7, 11) is 0. The molecule has 4 saturated carbocycles. The molecule has 4 heteroatoms. The van der Waals surface area contributed by atoms with Crippen molar-refractivity contribution in [2.45, 2.75) is 77.8 Å². The first-order valence-corrected chi connectivity index (χ1v) is 9.63. The van der Waals surface area contributed by atoms with Gasteiger partial charge < -0.3 is 10.6 Å². The summed E-state index contributed by atoms with van der Waals surface area (Å²) in [5.74, 6) is 2.38. The van der Waals surface area contributed by atoms with Crippen LogP contribution in [0, 0.1) is 34.5 Å². The van der Waals surface area contributed by atoms with Crippen molar-refractivity contribution in [1.29, 1.82) is 5.26 Å². The summed E-state index contributed by atoms with van der Waals surface area (Å²) < 4.78 is 0. The fourth-order valence-corrected chi connectivity index (χ4v) is 5.63. The van der Waals surface area contributed by atoms with Gasteiger partial charge in [0, 0.05) is 18.3 Å². The lowest BCUT2D eigenvalue weighted by molar-refractivity contribution is -0.122. The van der Waals surface area contributed by atoms with Gasteiger partial charge in [-0.25, -0.2) is 0 Å². The van der Waals surface area contributed by atoms with Gasteiger partial charge in [-0.1, -0.05) is 6.92 Å². The van der Waals surface area contributed by atoms with E-state index in [-0.39, 0.29) is 29.0 Å². The Labute approximate surface area is 146 Å². The molecule has 4 aliphatic rings. The molecule has 0 saturated heterocycles. The van der Waals surface area contributed by atoms with Gasteiger partial charge in [-0.3, -0.25) is 4.79 Å². The molecule has 2 unspecified atom stereocenters. The average Bonchev–Trinajstić information content (AvgIpc) is 2.53. The highest BCUT2D eigenvalue weighted by molar-refractivity contribution is 5.97. The second-order valence-corrected chi connectivity index (χ2v) is 8.62. The number of hydrogen-bond donors (Lipinski definition) is 2. The third kappa shape index (κ3) is 3.31. The van der Waals surface area contributed by atoms with Gasteiger partial charge in [0.25, 0.3) is 5.91 Å². The van der Waals surface area contributed by atoms with Gasteiger partial charge >= 0.3 is 0 Å². The van der Waals surface area contributed by atoms with Crippen molar-refractivity contribution in [1.82, 2.24) is 10.6 Å². The van der Waals surface area contributed by atoms with Crippen LogP contribution in [0.3, 0.4) is 0 Å². The van der Waals surface area contributed by atoms with Crippen LogP contribution in [0.5, 0.6) is 0 Å². The number of hydrogen-bond acceptors (Lipinski definition) is 3. The predicted molar refractivity (Wildman–Crippen MR) is 94.8 cm³/mol. The molecule has 1 amide bonds. The fourth-order valence-electron chi connectivity index (χ4n) is 5.63. The number of nitrogens with one attached hydrogen (secondary N) is 2. The minimum atomic E-state index is -0.225. The van der Waals surface area contributed by atoms with E-state index in [0.717, 1.165) is 24.2 Å². The lowest BCUT2D eigenvalue weighted by atomic mass is 9.48. The summed E-state index contributed by atoms with van der Waals surface area (Å²) in [6, 6.07) is 2.46. The van der Waals surface area contributed by atoms with E-state index in [2.05, 4.69) is 24.5 Å². The Hall–Kier alpha value is -1.50. The molecule has 4 bridgehead atoms. The zero-order valence-corrected chi connectivity index (χ0v) is 15.3. The SMILES string of the molecule is CCC(C)N/C=C(/C#N)C(=O)NC(C)C12CC3CC(CC(C3)C1)C2. The summed E-state index contributed by atoms with van der Waals surface area (Å²) in [4.78, 5) is 12.5. The van der Waals surface area contributed by atoms with Gasteiger partial charge in [0.05, 0.1) is 0 Å². The first-order valence-electron chi connectivity index (χ1n) is 9.63. The molecule has 0 aromatic rings. The first-order chi connectivity index (χ1) is 11.5. The largest absolute Gasteiger partial charge is 0.387 e. The Bertz CT molecular complexity index is 524. The molecule has 2 N–H and O–H groups in total. The molecular weight excluding hydrogens is 298 g/mol. The van der Waals surface area contributed by atoms with Crippen LogP contribution >= 0.6 is 0 Å². The summed E-state index contributed by atoms with van der Waals surface area (Å²) in [5, 5.41) is 15.6. The number of carbonyl (C=O) groups is 1. The molecule has 4 rings (SSSR count). The normalized spacial score (nSPS) is 36.8. The predicted octanol–water partition coefficient (Wildman–Crippen LogP) is 3.50. The number of nitriles is 1. The molecule has 24 heavy (non-hydrogen) atoms. The Morgan fingerprint density at radius 1 is 1.21 bits per heavy atom. The van der Waals surface area contributed by atoms with Gasteiger partial charge in [-0.2, -0.15) is 5.26 Å². The lowest BCUT2D eigenvalue weighted by Gasteiger charge is -2.59. The van der Waals surface area contributed by atoms with Crippen LogP contribution in [-0.4, -0.2) is 18.0 Å². The minimum absolute atomic E-state index is 0.152. The standard InChI is InChI=1S/C20H31N3O/c1-4-13(2)22-12-18(11-21)19(24)23-14(3)20-8-15-5-16(9-20)7-17(6-15)10-20/h12-17,22H,4-10H2,1-3H3,(H,23,24)/b18-12-. The molecule has 2 atom stereocenters. The van der Waals surface area contributed by atoms with Crippen molar-refractivity contribution in [2.75, 3.05) is 0 Å². The highest BCUT2D eigenvalue weighted by Crippen LogP contribution is 2.61. The maximum atomic E-state index is 12.5. The van der Waals surface area contributed by atoms with Crippen molar-refractivity contribution in [3.8, 4) is 6.07 Å². The second kappa shape index (κ2) is 6.78. The molecule has 0 aromatic heterocycles. The number of rotatable bonds is 6. The molecule has 0 heterocycles. The van der Waals surface area contributed by atoms with Gasteiger partial charge in [0.2, 0.25) is 0 Å². The van der Waals surface area contributed by atoms with Gasteiger partial charge in [0.1, 0.15) is 11.6 Å². The van der Waals surface area contributed by atoms with Crippen LogP contribution in [0.1, 0.15) is 65.7 Å². The molecule has 0 aromatic carbocycles.